The maximum Gasteiger partial charge on any atom is 0.381 e. The molecule has 0 radical (unpaired) electrons. The molecule has 14 heavy (non-hydrogen) atoms. The van der Waals surface area contributed by atoms with Crippen LogP contribution in [-0.2, 0) is 0 Å². The average molecular weight is 195 g/mol. The van der Waals surface area contributed by atoms with E-state index in [9.17, 15) is 14.1 Å². The van der Waals surface area contributed by atoms with Gasteiger partial charge in [-0.15, -0.1) is 0 Å². The van der Waals surface area contributed by atoms with Gasteiger partial charge in [-0.2, -0.15) is 0 Å². The van der Waals surface area contributed by atoms with Gasteiger partial charge in [0.25, 0.3) is 0 Å². The van der Waals surface area contributed by atoms with Crippen LogP contribution in [0.3, 0.4) is 0 Å². The molecule has 1 aromatic carbocycles. The van der Waals surface area contributed by atoms with Crippen LogP contribution in [0.25, 0.3) is 5.69 Å². The van der Waals surface area contributed by atoms with Crippen LogP contribution in [0.15, 0.2) is 39.9 Å². The number of hydrogen-bond acceptors (Lipinski definition) is 2. The number of rotatable bonds is 1. The number of nitrogens with one attached hydrogen (secondary N) is 1. The summed E-state index contributed by atoms with van der Waals surface area (Å²) in [4.78, 5) is 21.9. The Hall–Kier alpha value is -2.11. The first kappa shape index (κ1) is 8.49. The van der Waals surface area contributed by atoms with E-state index in [0.29, 0.717) is 10.3 Å². The maximum absolute atomic E-state index is 12.6. The highest BCUT2D eigenvalue weighted by atomic mass is 19.2. The summed E-state index contributed by atoms with van der Waals surface area (Å²) in [6.07, 6.45) is 0. The lowest BCUT2D eigenvalue weighted by Gasteiger charge is -1.95. The molecular formula is C8H6FN3O2. The Morgan fingerprint density at radius 1 is 1.14 bits per heavy atom. The van der Waals surface area contributed by atoms with Gasteiger partial charge in [-0.25, -0.2) is 19.3 Å². The number of H-pyrrole nitrogens is 1. The van der Waals surface area contributed by atoms with E-state index in [4.69, 9.17) is 0 Å². The second-order valence-electron chi connectivity index (χ2n) is 2.65. The summed E-state index contributed by atoms with van der Waals surface area (Å²) in [5.74, 6) is 0. The molecule has 0 fully saturated rings. The third-order valence-corrected chi connectivity index (χ3v) is 1.77. The van der Waals surface area contributed by atoms with Gasteiger partial charge in [-0.3, -0.25) is 0 Å². The van der Waals surface area contributed by atoms with E-state index in [0.717, 1.165) is 0 Å². The summed E-state index contributed by atoms with van der Waals surface area (Å²) in [6.45, 7) is 0. The molecule has 0 atom stereocenters. The zero-order chi connectivity index (χ0) is 10.1. The molecule has 5 nitrogen and oxygen atoms in total. The Kier molecular flexibility index (Phi) is 1.81. The van der Waals surface area contributed by atoms with Gasteiger partial charge >= 0.3 is 11.4 Å². The first-order chi connectivity index (χ1) is 6.70. The monoisotopic (exact) mass is 195 g/mol. The Morgan fingerprint density at radius 2 is 1.79 bits per heavy atom. The molecule has 2 aromatic rings. The maximum atomic E-state index is 12.6. The van der Waals surface area contributed by atoms with Gasteiger partial charge < -0.3 is 0 Å². The fourth-order valence-corrected chi connectivity index (χ4v) is 1.16. The third kappa shape index (κ3) is 1.17. The number of para-hydroxylation sites is 1. The van der Waals surface area contributed by atoms with Crippen molar-refractivity contribution in [2.24, 2.45) is 0 Å². The summed E-state index contributed by atoms with van der Waals surface area (Å²) < 4.78 is 13.3. The first-order valence-corrected chi connectivity index (χ1v) is 3.86. The van der Waals surface area contributed by atoms with Crippen LogP contribution in [-0.4, -0.2) is 14.6 Å². The molecule has 0 aliphatic carbocycles. The molecule has 0 aliphatic rings. The highest BCUT2D eigenvalue weighted by Gasteiger charge is 2.09. The second kappa shape index (κ2) is 2.99. The Balaban J connectivity index is 2.75. The molecule has 0 amide bonds. The quantitative estimate of drug-likeness (QED) is 0.699. The van der Waals surface area contributed by atoms with Gasteiger partial charge in [0.15, 0.2) is 0 Å². The number of nitrogens with zero attached hydrogens (tertiary/aromatic N) is 2. The Bertz CT molecular complexity index is 552. The third-order valence-electron chi connectivity index (χ3n) is 1.77. The van der Waals surface area contributed by atoms with Crippen molar-refractivity contribution in [2.45, 2.75) is 0 Å². The highest BCUT2D eigenvalue weighted by molar-refractivity contribution is 5.30. The van der Waals surface area contributed by atoms with Crippen molar-refractivity contribution < 1.29 is 4.48 Å². The van der Waals surface area contributed by atoms with Crippen molar-refractivity contribution in [3.8, 4) is 5.69 Å². The number of halogens is 1. The van der Waals surface area contributed by atoms with Crippen LogP contribution in [0.5, 0.6) is 0 Å². The van der Waals surface area contributed by atoms with E-state index in [-0.39, 0.29) is 4.90 Å². The summed E-state index contributed by atoms with van der Waals surface area (Å²) in [6, 6.07) is 8.11. The summed E-state index contributed by atoms with van der Waals surface area (Å²) in [5.41, 5.74) is -1.51. The minimum atomic E-state index is -1.04. The number of hydrogen-bond donors (Lipinski definition) is 1. The van der Waals surface area contributed by atoms with E-state index < -0.39 is 11.4 Å². The van der Waals surface area contributed by atoms with Crippen LogP contribution in [0.2, 0.25) is 0 Å². The molecule has 1 aromatic heterocycles. The molecule has 1 N–H and O–H groups in total. The van der Waals surface area contributed by atoms with Crippen molar-refractivity contribution in [2.75, 3.05) is 0 Å². The van der Waals surface area contributed by atoms with Crippen molar-refractivity contribution in [3.05, 3.63) is 51.3 Å². The first-order valence-electron chi connectivity index (χ1n) is 3.86. The lowest BCUT2D eigenvalue weighted by Crippen LogP contribution is -2.25. The van der Waals surface area contributed by atoms with E-state index >= 15 is 0 Å². The standard InChI is InChI=1S/C8H6FN3O2/c9-12-8(14)11(7(13)10-12)6-4-2-1-3-5-6/h1-5H,(H,10,13). The lowest BCUT2D eigenvalue weighted by molar-refractivity contribution is 0.299. The van der Waals surface area contributed by atoms with Crippen LogP contribution in [0, 0.1) is 0 Å². The average Bonchev–Trinajstić information content (AvgIpc) is 2.43. The summed E-state index contributed by atoms with van der Waals surface area (Å²) in [5, 5.41) is 1.72. The Morgan fingerprint density at radius 3 is 2.29 bits per heavy atom. The van der Waals surface area contributed by atoms with Gasteiger partial charge in [0, 0.05) is 0 Å². The molecule has 0 bridgehead atoms. The van der Waals surface area contributed by atoms with Gasteiger partial charge in [-0.1, -0.05) is 27.6 Å². The molecule has 1 heterocycles. The lowest BCUT2D eigenvalue weighted by atomic mass is 10.3. The smallest absolute Gasteiger partial charge is 0.246 e. The number of benzene rings is 1. The molecule has 72 valence electrons. The minimum Gasteiger partial charge on any atom is -0.246 e. The van der Waals surface area contributed by atoms with Crippen LogP contribution < -0.4 is 11.4 Å². The highest BCUT2D eigenvalue weighted by Crippen LogP contribution is 1.99. The zero-order valence-corrected chi connectivity index (χ0v) is 6.98. The van der Waals surface area contributed by atoms with Gasteiger partial charge in [-0.05, 0) is 12.1 Å². The molecule has 0 saturated heterocycles. The molecule has 2 rings (SSSR count). The number of aromatic amines is 1. The van der Waals surface area contributed by atoms with E-state index in [2.05, 4.69) is 0 Å². The largest absolute Gasteiger partial charge is 0.381 e. The van der Waals surface area contributed by atoms with Gasteiger partial charge in [0.05, 0.1) is 5.69 Å². The van der Waals surface area contributed by atoms with E-state index in [1.54, 1.807) is 23.3 Å². The molecular weight excluding hydrogens is 189 g/mol. The van der Waals surface area contributed by atoms with Gasteiger partial charge in [0.2, 0.25) is 0 Å². The summed E-state index contributed by atoms with van der Waals surface area (Å²) >= 11 is 0. The van der Waals surface area contributed by atoms with Crippen molar-refractivity contribution in [3.63, 3.8) is 0 Å². The zero-order valence-electron chi connectivity index (χ0n) is 6.98. The topological polar surface area (TPSA) is 59.8 Å². The molecule has 6 heteroatoms. The van der Waals surface area contributed by atoms with E-state index in [1.165, 1.54) is 12.1 Å². The van der Waals surface area contributed by atoms with Crippen LogP contribution >= 0.6 is 0 Å². The van der Waals surface area contributed by atoms with Crippen LogP contribution in [0.1, 0.15) is 0 Å². The Labute approximate surface area is 76.9 Å². The normalized spacial score (nSPS) is 10.4. The van der Waals surface area contributed by atoms with E-state index in [1.807, 2.05) is 0 Å². The SMILES string of the molecule is O=c1[nH]n(F)c(=O)n1-c1ccccc1. The molecule has 0 unspecified atom stereocenters. The summed E-state index contributed by atoms with van der Waals surface area (Å²) in [7, 11) is 0. The van der Waals surface area contributed by atoms with Crippen molar-refractivity contribution in [1.29, 1.82) is 0 Å². The molecule has 0 aliphatic heterocycles. The predicted molar refractivity (Wildman–Crippen MR) is 47.2 cm³/mol. The minimum absolute atomic E-state index is 0.329. The molecule has 0 saturated carbocycles. The fraction of sp³-hybridized carbons (Fsp3) is 0. The molecule has 0 spiro atoms. The van der Waals surface area contributed by atoms with Crippen molar-refractivity contribution in [1.82, 2.24) is 14.6 Å². The van der Waals surface area contributed by atoms with Gasteiger partial charge in [0.1, 0.15) is 0 Å². The fourth-order valence-electron chi connectivity index (χ4n) is 1.16. The van der Waals surface area contributed by atoms with Crippen LogP contribution in [0.4, 0.5) is 4.48 Å². The second-order valence-corrected chi connectivity index (χ2v) is 2.65. The van der Waals surface area contributed by atoms with Crippen molar-refractivity contribution >= 4 is 0 Å². The number of aromatic nitrogens is 3. The predicted octanol–water partition coefficient (Wildman–Crippen LogP) is 0.0599.